The molecule has 1 amide bonds. The Morgan fingerprint density at radius 1 is 1.06 bits per heavy atom. The lowest BCUT2D eigenvalue weighted by Crippen LogP contribution is -2.22. The Morgan fingerprint density at radius 3 is 2.55 bits per heavy atom. The number of aliphatic hydroxyl groups excluding tert-OH is 1. The summed E-state index contributed by atoms with van der Waals surface area (Å²) in [6.45, 7) is 2.68. The number of aromatic nitrogens is 1. The molecule has 1 aromatic heterocycles. The fourth-order valence-electron chi connectivity index (χ4n) is 4.48. The van der Waals surface area contributed by atoms with Crippen LogP contribution in [0.5, 0.6) is 0 Å². The minimum absolute atomic E-state index is 0.443. The van der Waals surface area contributed by atoms with E-state index in [0.717, 1.165) is 54.5 Å². The average molecular weight is 457 g/mol. The van der Waals surface area contributed by atoms with Gasteiger partial charge < -0.3 is 15.0 Å². The molecule has 162 valence electrons. The molecule has 4 nitrogen and oxygen atoms in total. The molecule has 2 aromatic carbocycles. The molecule has 1 unspecified atom stereocenters. The molecule has 0 fully saturated rings. The van der Waals surface area contributed by atoms with Gasteiger partial charge in [-0.15, -0.1) is 0 Å². The van der Waals surface area contributed by atoms with Crippen molar-refractivity contribution >= 4 is 34.8 Å². The van der Waals surface area contributed by atoms with Crippen molar-refractivity contribution in [3.63, 3.8) is 0 Å². The van der Waals surface area contributed by atoms with Gasteiger partial charge in [0.1, 0.15) is 0 Å². The normalized spacial score (nSPS) is 14.6. The molecule has 2 N–H and O–H groups in total. The van der Waals surface area contributed by atoms with Crippen molar-refractivity contribution < 1.29 is 9.90 Å². The molecule has 31 heavy (non-hydrogen) atoms. The summed E-state index contributed by atoms with van der Waals surface area (Å²) in [6, 6.07) is 14.8. The molecule has 0 saturated heterocycles. The number of hydrogen-bond donors (Lipinski definition) is 2. The molecular weight excluding hydrogens is 431 g/mol. The minimum atomic E-state index is -1.24. The average Bonchev–Trinajstić information content (AvgIpc) is 2.88. The van der Waals surface area contributed by atoms with E-state index in [1.807, 2.05) is 31.2 Å². The first-order chi connectivity index (χ1) is 14.9. The number of benzene rings is 2. The Bertz CT molecular complexity index is 1090. The van der Waals surface area contributed by atoms with E-state index in [0.29, 0.717) is 22.3 Å². The van der Waals surface area contributed by atoms with E-state index >= 15 is 0 Å². The fraction of sp³-hybridized carbons (Fsp3) is 0.320. The zero-order valence-electron chi connectivity index (χ0n) is 17.5. The van der Waals surface area contributed by atoms with Crippen LogP contribution in [-0.2, 0) is 24.2 Å². The van der Waals surface area contributed by atoms with Gasteiger partial charge >= 0.3 is 0 Å². The van der Waals surface area contributed by atoms with Crippen LogP contribution in [0.1, 0.15) is 53.4 Å². The van der Waals surface area contributed by atoms with Crippen molar-refractivity contribution in [2.24, 2.45) is 0 Å². The van der Waals surface area contributed by atoms with Crippen molar-refractivity contribution in [1.29, 1.82) is 0 Å². The Hall–Kier alpha value is -2.27. The van der Waals surface area contributed by atoms with Crippen LogP contribution in [0.2, 0.25) is 10.0 Å². The number of halogens is 2. The molecule has 1 aliphatic carbocycles. The van der Waals surface area contributed by atoms with Crippen molar-refractivity contribution in [3.05, 3.63) is 86.7 Å². The number of carbonyl (C=O) groups is 1. The van der Waals surface area contributed by atoms with Gasteiger partial charge in [-0.05, 0) is 74.1 Å². The molecule has 1 atom stereocenters. The van der Waals surface area contributed by atoms with Gasteiger partial charge in [-0.3, -0.25) is 4.79 Å². The van der Waals surface area contributed by atoms with Crippen molar-refractivity contribution in [2.75, 3.05) is 5.32 Å². The first kappa shape index (κ1) is 21.9. The van der Waals surface area contributed by atoms with Gasteiger partial charge in [0.05, 0.1) is 0 Å². The van der Waals surface area contributed by atoms with E-state index in [-0.39, 0.29) is 0 Å². The van der Waals surface area contributed by atoms with Crippen LogP contribution in [-0.4, -0.2) is 15.6 Å². The molecule has 0 aliphatic heterocycles. The van der Waals surface area contributed by atoms with Crippen LogP contribution in [0.4, 0.5) is 5.69 Å². The van der Waals surface area contributed by atoms with Crippen LogP contribution >= 0.6 is 23.2 Å². The van der Waals surface area contributed by atoms with Crippen LogP contribution in [0.15, 0.2) is 48.5 Å². The van der Waals surface area contributed by atoms with Gasteiger partial charge in [-0.1, -0.05) is 47.8 Å². The van der Waals surface area contributed by atoms with Crippen molar-refractivity contribution in [1.82, 2.24) is 4.57 Å². The molecule has 0 bridgehead atoms. The summed E-state index contributed by atoms with van der Waals surface area (Å²) in [7, 11) is 0. The Kier molecular flexibility index (Phi) is 6.71. The lowest BCUT2D eigenvalue weighted by molar-refractivity contribution is -0.124. The lowest BCUT2D eigenvalue weighted by Gasteiger charge is -2.15. The number of nitrogens with zero attached hydrogens (tertiary/aromatic N) is 1. The molecule has 3 aromatic rings. The highest BCUT2D eigenvalue weighted by molar-refractivity contribution is 6.31. The summed E-state index contributed by atoms with van der Waals surface area (Å²) in [4.78, 5) is 12.9. The summed E-state index contributed by atoms with van der Waals surface area (Å²) in [5.41, 5.74) is 5.74. The van der Waals surface area contributed by atoms with E-state index in [9.17, 15) is 9.90 Å². The maximum Gasteiger partial charge on any atom is 0.257 e. The number of aliphatic hydroxyl groups is 1. The largest absolute Gasteiger partial charge is 0.378 e. The van der Waals surface area contributed by atoms with Gasteiger partial charge in [0, 0.05) is 39.2 Å². The van der Waals surface area contributed by atoms with Crippen LogP contribution < -0.4 is 5.32 Å². The smallest absolute Gasteiger partial charge is 0.257 e. The highest BCUT2D eigenvalue weighted by Gasteiger charge is 2.29. The molecular formula is C25H26Cl2N2O2. The first-order valence-corrected chi connectivity index (χ1v) is 11.4. The monoisotopic (exact) mass is 456 g/mol. The first-order valence-electron chi connectivity index (χ1n) is 10.6. The zero-order valence-corrected chi connectivity index (χ0v) is 19.0. The van der Waals surface area contributed by atoms with Crippen molar-refractivity contribution in [3.8, 4) is 0 Å². The Balaban J connectivity index is 1.68. The standard InChI is InChI=1S/C25H26Cl2N2O2/c1-16-23(24(30)25(31)28-20-7-5-6-19(27)14-20)21-8-3-2-4-9-22(21)29(16)15-17-10-12-18(26)13-11-17/h5-7,10-14,24,30H,2-4,8-9,15H2,1H3,(H,28,31). The third-order valence-corrected chi connectivity index (χ3v) is 6.49. The summed E-state index contributed by atoms with van der Waals surface area (Å²) < 4.78 is 2.26. The van der Waals surface area contributed by atoms with Gasteiger partial charge in [0.25, 0.3) is 5.91 Å². The zero-order chi connectivity index (χ0) is 22.0. The topological polar surface area (TPSA) is 54.3 Å². The maximum absolute atomic E-state index is 12.9. The summed E-state index contributed by atoms with van der Waals surface area (Å²) in [6.07, 6.45) is 3.91. The molecule has 1 heterocycles. The van der Waals surface area contributed by atoms with Gasteiger partial charge in [-0.25, -0.2) is 0 Å². The third-order valence-electron chi connectivity index (χ3n) is 6.00. The van der Waals surface area contributed by atoms with E-state index < -0.39 is 12.0 Å². The van der Waals surface area contributed by atoms with Crippen molar-refractivity contribution in [2.45, 2.75) is 51.7 Å². The predicted octanol–water partition coefficient (Wildman–Crippen LogP) is 6.09. The second kappa shape index (κ2) is 9.47. The quantitative estimate of drug-likeness (QED) is 0.456. The van der Waals surface area contributed by atoms with E-state index in [1.165, 1.54) is 5.69 Å². The molecule has 6 heteroatoms. The van der Waals surface area contributed by atoms with Crippen LogP contribution in [0.3, 0.4) is 0 Å². The number of fused-ring (bicyclic) bond motifs is 1. The number of rotatable bonds is 5. The third kappa shape index (κ3) is 4.82. The van der Waals surface area contributed by atoms with E-state index in [4.69, 9.17) is 23.2 Å². The van der Waals surface area contributed by atoms with Gasteiger partial charge in [0.15, 0.2) is 6.10 Å². The van der Waals surface area contributed by atoms with Gasteiger partial charge in [-0.2, -0.15) is 0 Å². The number of amides is 1. The molecule has 0 saturated carbocycles. The highest BCUT2D eigenvalue weighted by Crippen LogP contribution is 2.34. The molecule has 0 radical (unpaired) electrons. The fourth-order valence-corrected chi connectivity index (χ4v) is 4.79. The second-order valence-corrected chi connectivity index (χ2v) is 8.97. The number of hydrogen-bond acceptors (Lipinski definition) is 2. The minimum Gasteiger partial charge on any atom is -0.378 e. The summed E-state index contributed by atoms with van der Waals surface area (Å²) in [5, 5.41) is 15.1. The molecule has 1 aliphatic rings. The van der Waals surface area contributed by atoms with Crippen LogP contribution in [0.25, 0.3) is 0 Å². The highest BCUT2D eigenvalue weighted by atomic mass is 35.5. The maximum atomic E-state index is 12.9. The second-order valence-electron chi connectivity index (χ2n) is 8.10. The number of nitrogens with one attached hydrogen (secondary N) is 1. The molecule has 4 rings (SSSR count). The predicted molar refractivity (Wildman–Crippen MR) is 126 cm³/mol. The molecule has 0 spiro atoms. The summed E-state index contributed by atoms with van der Waals surface area (Å²) >= 11 is 12.1. The van der Waals surface area contributed by atoms with E-state index in [2.05, 4.69) is 9.88 Å². The number of anilines is 1. The number of carbonyl (C=O) groups excluding carboxylic acids is 1. The van der Waals surface area contributed by atoms with Gasteiger partial charge in [0.2, 0.25) is 0 Å². The Labute approximate surface area is 192 Å². The Morgan fingerprint density at radius 2 is 1.81 bits per heavy atom. The van der Waals surface area contributed by atoms with E-state index in [1.54, 1.807) is 24.3 Å². The van der Waals surface area contributed by atoms with Crippen LogP contribution in [0, 0.1) is 6.92 Å². The lowest BCUT2D eigenvalue weighted by atomic mass is 9.99. The SMILES string of the molecule is Cc1c(C(O)C(=O)Nc2cccc(Cl)c2)c2c(n1Cc1ccc(Cl)cc1)CCCCC2. The summed E-state index contributed by atoms with van der Waals surface area (Å²) in [5.74, 6) is -0.443.